The molecule has 1 amide bonds. The van der Waals surface area contributed by atoms with E-state index in [1.807, 2.05) is 0 Å². The van der Waals surface area contributed by atoms with Gasteiger partial charge in [0, 0.05) is 0 Å². The third kappa shape index (κ3) is 52.6. The third-order valence-corrected chi connectivity index (χ3v) is 14.7. The van der Waals surface area contributed by atoms with Crippen LogP contribution in [0, 0.1) is 0 Å². The molecule has 0 aromatic rings. The topological polar surface area (TPSA) is 89.8 Å². The second kappa shape index (κ2) is 55.9. The van der Waals surface area contributed by atoms with E-state index >= 15 is 0 Å². The summed E-state index contributed by atoms with van der Waals surface area (Å²) in [5, 5.41) is 33.7. The Kier molecular flexibility index (Phi) is 55.4. The lowest BCUT2D eigenvalue weighted by atomic mass is 10.0. The van der Waals surface area contributed by atoms with Gasteiger partial charge in [-0.1, -0.05) is 335 Å². The monoisotopic (exact) mass is 920 g/mol. The van der Waals surface area contributed by atoms with E-state index in [0.29, 0.717) is 12.8 Å². The molecule has 65 heavy (non-hydrogen) atoms. The number of aliphatic hydroxyl groups is 3. The van der Waals surface area contributed by atoms with E-state index in [1.54, 1.807) is 0 Å². The largest absolute Gasteiger partial charge is 0.394 e. The standard InChI is InChI=1S/C60H121NO4/c1-3-5-7-9-11-13-15-17-19-21-23-25-26-27-28-29-30-31-32-33-34-35-37-39-41-43-45-47-49-51-53-57(63)55-60(65)61-58(56-62)59(64)54-52-50-48-46-44-42-40-38-36-24-22-20-18-16-14-12-10-8-6-4-2/h57-59,62-64H,3-56H2,1-2H3,(H,61,65). The van der Waals surface area contributed by atoms with Gasteiger partial charge in [0.25, 0.3) is 0 Å². The Morgan fingerprint density at radius 3 is 0.738 bits per heavy atom. The molecule has 390 valence electrons. The van der Waals surface area contributed by atoms with Crippen LogP contribution in [0.25, 0.3) is 0 Å². The van der Waals surface area contributed by atoms with Gasteiger partial charge in [0.05, 0.1) is 31.3 Å². The van der Waals surface area contributed by atoms with Gasteiger partial charge < -0.3 is 20.6 Å². The van der Waals surface area contributed by atoms with Gasteiger partial charge in [-0.25, -0.2) is 0 Å². The first-order valence-electron chi connectivity index (χ1n) is 30.3. The van der Waals surface area contributed by atoms with Crippen molar-refractivity contribution < 1.29 is 20.1 Å². The van der Waals surface area contributed by atoms with E-state index in [4.69, 9.17) is 0 Å². The molecule has 4 N–H and O–H groups in total. The van der Waals surface area contributed by atoms with E-state index < -0.39 is 18.2 Å². The fourth-order valence-corrected chi connectivity index (χ4v) is 10.1. The van der Waals surface area contributed by atoms with E-state index in [2.05, 4.69) is 19.2 Å². The van der Waals surface area contributed by atoms with Crippen molar-refractivity contribution in [3.05, 3.63) is 0 Å². The van der Waals surface area contributed by atoms with Crippen LogP contribution in [-0.2, 0) is 4.79 Å². The van der Waals surface area contributed by atoms with Crippen LogP contribution in [0.5, 0.6) is 0 Å². The van der Waals surface area contributed by atoms with Gasteiger partial charge in [-0.15, -0.1) is 0 Å². The van der Waals surface area contributed by atoms with Crippen LogP contribution in [0.15, 0.2) is 0 Å². The van der Waals surface area contributed by atoms with Crippen LogP contribution >= 0.6 is 0 Å². The van der Waals surface area contributed by atoms with Gasteiger partial charge in [-0.05, 0) is 12.8 Å². The molecule has 0 heterocycles. The highest BCUT2D eigenvalue weighted by atomic mass is 16.3. The molecule has 0 radical (unpaired) electrons. The minimum Gasteiger partial charge on any atom is -0.394 e. The first-order valence-corrected chi connectivity index (χ1v) is 30.3. The van der Waals surface area contributed by atoms with Crippen LogP contribution in [0.1, 0.15) is 354 Å². The molecule has 5 nitrogen and oxygen atoms in total. The van der Waals surface area contributed by atoms with Crippen molar-refractivity contribution in [2.75, 3.05) is 6.61 Å². The summed E-state index contributed by atoms with van der Waals surface area (Å²) in [6.45, 7) is 4.31. The number of hydrogen-bond acceptors (Lipinski definition) is 4. The normalized spacial score (nSPS) is 13.1. The number of amides is 1. The Hall–Kier alpha value is -0.650. The number of nitrogens with one attached hydrogen (secondary N) is 1. The maximum absolute atomic E-state index is 12.6. The zero-order valence-electron chi connectivity index (χ0n) is 44.7. The Balaban J connectivity index is 3.45. The maximum Gasteiger partial charge on any atom is 0.222 e. The predicted octanol–water partition coefficient (Wildman–Crippen LogP) is 18.9. The molecule has 3 atom stereocenters. The number of carbonyl (C=O) groups excluding carboxylic acids is 1. The summed E-state index contributed by atoms with van der Waals surface area (Å²) in [6, 6.07) is -0.654. The quantitative estimate of drug-likeness (QED) is 0.0458. The summed E-state index contributed by atoms with van der Waals surface area (Å²) >= 11 is 0. The second-order valence-electron chi connectivity index (χ2n) is 21.3. The van der Waals surface area contributed by atoms with Crippen LogP contribution in [0.4, 0.5) is 0 Å². The lowest BCUT2D eigenvalue weighted by Crippen LogP contribution is -2.46. The predicted molar refractivity (Wildman–Crippen MR) is 287 cm³/mol. The molecule has 3 unspecified atom stereocenters. The van der Waals surface area contributed by atoms with Gasteiger partial charge in [0.1, 0.15) is 0 Å². The highest BCUT2D eigenvalue weighted by molar-refractivity contribution is 5.76. The van der Waals surface area contributed by atoms with Crippen molar-refractivity contribution in [3.8, 4) is 0 Å². The van der Waals surface area contributed by atoms with E-state index in [-0.39, 0.29) is 18.9 Å². The van der Waals surface area contributed by atoms with Gasteiger partial charge >= 0.3 is 0 Å². The van der Waals surface area contributed by atoms with Crippen molar-refractivity contribution in [1.82, 2.24) is 5.32 Å². The molecule has 0 fully saturated rings. The molecule has 0 aliphatic heterocycles. The summed E-state index contributed by atoms with van der Waals surface area (Å²) < 4.78 is 0. The van der Waals surface area contributed by atoms with Crippen LogP contribution in [0.3, 0.4) is 0 Å². The molecule has 0 spiro atoms. The number of unbranched alkanes of at least 4 members (excludes halogenated alkanes) is 48. The number of carbonyl (C=O) groups is 1. The van der Waals surface area contributed by atoms with Crippen molar-refractivity contribution in [2.45, 2.75) is 372 Å². The first-order chi connectivity index (χ1) is 32.0. The summed E-state index contributed by atoms with van der Waals surface area (Å²) in [4.78, 5) is 12.6. The van der Waals surface area contributed by atoms with Crippen LogP contribution in [0.2, 0.25) is 0 Å². The van der Waals surface area contributed by atoms with E-state index in [1.165, 1.54) is 295 Å². The average molecular weight is 921 g/mol. The minimum atomic E-state index is -0.746. The second-order valence-corrected chi connectivity index (χ2v) is 21.3. The highest BCUT2D eigenvalue weighted by Crippen LogP contribution is 2.19. The molecule has 0 saturated carbocycles. The summed E-state index contributed by atoms with van der Waals surface area (Å²) in [7, 11) is 0. The highest BCUT2D eigenvalue weighted by Gasteiger charge is 2.21. The van der Waals surface area contributed by atoms with Gasteiger partial charge in [0.2, 0.25) is 5.91 Å². The van der Waals surface area contributed by atoms with E-state index in [0.717, 1.165) is 25.7 Å². The summed E-state index contributed by atoms with van der Waals surface area (Å²) in [5.41, 5.74) is 0. The van der Waals surface area contributed by atoms with Gasteiger partial charge in [0.15, 0.2) is 0 Å². The Morgan fingerprint density at radius 2 is 0.523 bits per heavy atom. The molecule has 0 aliphatic rings. The minimum absolute atomic E-state index is 0.0437. The smallest absolute Gasteiger partial charge is 0.222 e. The lowest BCUT2D eigenvalue weighted by molar-refractivity contribution is -0.125. The van der Waals surface area contributed by atoms with Crippen LogP contribution in [-0.4, -0.2) is 46.1 Å². The van der Waals surface area contributed by atoms with Crippen molar-refractivity contribution in [3.63, 3.8) is 0 Å². The van der Waals surface area contributed by atoms with Crippen molar-refractivity contribution >= 4 is 5.91 Å². The number of rotatable bonds is 57. The molecular formula is C60H121NO4. The Bertz CT molecular complexity index is 883. The lowest BCUT2D eigenvalue weighted by Gasteiger charge is -2.23. The zero-order valence-corrected chi connectivity index (χ0v) is 44.7. The number of aliphatic hydroxyl groups excluding tert-OH is 3. The fraction of sp³-hybridized carbons (Fsp3) is 0.983. The third-order valence-electron chi connectivity index (χ3n) is 14.7. The fourth-order valence-electron chi connectivity index (χ4n) is 10.1. The molecular weight excluding hydrogens is 799 g/mol. The Labute approximate surface area is 408 Å². The molecule has 5 heteroatoms. The average Bonchev–Trinajstić information content (AvgIpc) is 3.30. The molecule has 0 aromatic carbocycles. The van der Waals surface area contributed by atoms with E-state index in [9.17, 15) is 20.1 Å². The van der Waals surface area contributed by atoms with Crippen LogP contribution < -0.4 is 5.32 Å². The number of hydrogen-bond donors (Lipinski definition) is 4. The van der Waals surface area contributed by atoms with Gasteiger partial charge in [-0.3, -0.25) is 4.79 Å². The van der Waals surface area contributed by atoms with Gasteiger partial charge in [-0.2, -0.15) is 0 Å². The first kappa shape index (κ1) is 64.3. The maximum atomic E-state index is 12.6. The SMILES string of the molecule is CCCCCCCCCCCCCCCCCCCCCCCCCCCCCCCCC(O)CC(=O)NC(CO)C(O)CCCCCCCCCCCCCCCCCCCCCC. The van der Waals surface area contributed by atoms with Crippen molar-refractivity contribution in [2.24, 2.45) is 0 Å². The molecule has 0 saturated heterocycles. The molecule has 0 aromatic heterocycles. The summed E-state index contributed by atoms with van der Waals surface area (Å²) in [6.07, 6.45) is 68.5. The Morgan fingerprint density at radius 1 is 0.323 bits per heavy atom. The summed E-state index contributed by atoms with van der Waals surface area (Å²) in [5.74, 6) is -0.273. The zero-order chi connectivity index (χ0) is 47.2. The molecule has 0 rings (SSSR count). The van der Waals surface area contributed by atoms with Crippen molar-refractivity contribution in [1.29, 1.82) is 0 Å². The molecule has 0 aliphatic carbocycles. The molecule has 0 bridgehead atoms.